The van der Waals surface area contributed by atoms with Gasteiger partial charge in [-0.25, -0.2) is 0 Å². The lowest BCUT2D eigenvalue weighted by Gasteiger charge is -2.42. The number of nitrogens with zero attached hydrogens (tertiary/aromatic N) is 1. The molecule has 2 unspecified atom stereocenters. The van der Waals surface area contributed by atoms with Crippen LogP contribution in [0.2, 0.25) is 0 Å². The Morgan fingerprint density at radius 1 is 1.40 bits per heavy atom. The molecule has 2 atom stereocenters. The molecule has 2 rings (SSSR count). The van der Waals surface area contributed by atoms with Crippen LogP contribution in [-0.4, -0.2) is 49.2 Å². The number of unbranched alkanes of at least 4 members (excludes halogenated alkanes) is 1. The highest BCUT2D eigenvalue weighted by Crippen LogP contribution is 2.35. The summed E-state index contributed by atoms with van der Waals surface area (Å²) in [5, 5.41) is 3.60. The van der Waals surface area contributed by atoms with Crippen molar-refractivity contribution < 1.29 is 9.53 Å². The maximum Gasteiger partial charge on any atom is 0.326 e. The Morgan fingerprint density at radius 2 is 2.15 bits per heavy atom. The first kappa shape index (κ1) is 15.8. The Kier molecular flexibility index (Phi) is 5.44. The second-order valence-electron chi connectivity index (χ2n) is 6.58. The molecule has 1 N–H and O–H groups in total. The summed E-state index contributed by atoms with van der Waals surface area (Å²) in [6, 6.07) is 1.04. The van der Waals surface area contributed by atoms with Gasteiger partial charge in [0.25, 0.3) is 0 Å². The highest BCUT2D eigenvalue weighted by molar-refractivity contribution is 5.81. The summed E-state index contributed by atoms with van der Waals surface area (Å²) in [5.74, 6) is -0.0574. The summed E-state index contributed by atoms with van der Waals surface area (Å²) in [4.78, 5) is 14.8. The molecular weight excluding hydrogens is 252 g/mol. The number of hydrogen-bond donors (Lipinski definition) is 1. The van der Waals surface area contributed by atoms with Crippen molar-refractivity contribution in [3.05, 3.63) is 0 Å². The van der Waals surface area contributed by atoms with Crippen LogP contribution in [0.3, 0.4) is 0 Å². The van der Waals surface area contributed by atoms with Crippen LogP contribution < -0.4 is 5.32 Å². The first-order valence-electron chi connectivity index (χ1n) is 8.17. The van der Waals surface area contributed by atoms with Gasteiger partial charge in [0, 0.05) is 12.1 Å². The second-order valence-corrected chi connectivity index (χ2v) is 6.58. The summed E-state index contributed by atoms with van der Waals surface area (Å²) < 4.78 is 5.11. The number of rotatable bonds is 7. The van der Waals surface area contributed by atoms with E-state index in [0.717, 1.165) is 25.8 Å². The van der Waals surface area contributed by atoms with Crippen molar-refractivity contribution in [1.82, 2.24) is 10.2 Å². The van der Waals surface area contributed by atoms with Crippen molar-refractivity contribution in [2.24, 2.45) is 0 Å². The molecular formula is C16H30N2O2. The molecule has 0 saturated heterocycles. The minimum atomic E-state index is -0.431. The molecule has 0 radical (unpaired) electrons. The molecule has 4 nitrogen and oxygen atoms in total. The quantitative estimate of drug-likeness (QED) is 0.728. The fraction of sp³-hybridized carbons (Fsp3) is 0.938. The van der Waals surface area contributed by atoms with E-state index >= 15 is 0 Å². The number of carbonyl (C=O) groups excluding carboxylic acids is 1. The maximum absolute atomic E-state index is 12.3. The first-order valence-corrected chi connectivity index (χ1v) is 8.17. The van der Waals surface area contributed by atoms with Crippen LogP contribution in [-0.2, 0) is 9.53 Å². The van der Waals surface area contributed by atoms with Gasteiger partial charge in [0.1, 0.15) is 5.54 Å². The fourth-order valence-electron chi connectivity index (χ4n) is 3.40. The zero-order valence-electron chi connectivity index (χ0n) is 13.3. The predicted molar refractivity (Wildman–Crippen MR) is 80.7 cm³/mol. The lowest BCUT2D eigenvalue weighted by atomic mass is 9.78. The Morgan fingerprint density at radius 3 is 2.75 bits per heavy atom. The number of ether oxygens (including phenoxy) is 1. The van der Waals surface area contributed by atoms with E-state index < -0.39 is 5.54 Å². The minimum Gasteiger partial charge on any atom is -0.468 e. The second kappa shape index (κ2) is 6.90. The average molecular weight is 282 g/mol. The first-order chi connectivity index (χ1) is 9.61. The van der Waals surface area contributed by atoms with E-state index in [1.54, 1.807) is 0 Å². The third kappa shape index (κ3) is 3.73. The van der Waals surface area contributed by atoms with Crippen LogP contribution >= 0.6 is 0 Å². The van der Waals surface area contributed by atoms with Crippen LogP contribution in [0.4, 0.5) is 0 Å². The molecule has 2 fully saturated rings. The number of nitrogens with one attached hydrogen (secondary N) is 1. The standard InChI is InChI=1S/C16H30N2O2/c1-4-5-11-18(2)14-7-6-10-16(12-14,15(19)20-3)17-13-8-9-13/h13-14,17H,4-12H2,1-3H3. The zero-order valence-corrected chi connectivity index (χ0v) is 13.3. The predicted octanol–water partition coefficient (Wildman–Crippen LogP) is 2.32. The van der Waals surface area contributed by atoms with Gasteiger partial charge in [0.05, 0.1) is 7.11 Å². The van der Waals surface area contributed by atoms with Crippen molar-refractivity contribution in [2.45, 2.75) is 75.9 Å². The lowest BCUT2D eigenvalue weighted by Crippen LogP contribution is -2.59. The van der Waals surface area contributed by atoms with Crippen molar-refractivity contribution in [3.63, 3.8) is 0 Å². The molecule has 2 saturated carbocycles. The van der Waals surface area contributed by atoms with E-state index in [1.807, 2.05) is 0 Å². The molecule has 2 aliphatic carbocycles. The van der Waals surface area contributed by atoms with Gasteiger partial charge in [-0.15, -0.1) is 0 Å². The van der Waals surface area contributed by atoms with Gasteiger partial charge in [0.2, 0.25) is 0 Å². The third-order valence-corrected chi connectivity index (χ3v) is 4.85. The van der Waals surface area contributed by atoms with E-state index in [2.05, 4.69) is 24.2 Å². The molecule has 0 bridgehead atoms. The van der Waals surface area contributed by atoms with Crippen LogP contribution in [0.5, 0.6) is 0 Å². The van der Waals surface area contributed by atoms with E-state index in [1.165, 1.54) is 39.2 Å². The van der Waals surface area contributed by atoms with Crippen LogP contribution in [0.15, 0.2) is 0 Å². The summed E-state index contributed by atoms with van der Waals surface area (Å²) in [6.45, 7) is 3.35. The van der Waals surface area contributed by atoms with Gasteiger partial charge >= 0.3 is 5.97 Å². The molecule has 20 heavy (non-hydrogen) atoms. The van der Waals surface area contributed by atoms with E-state index in [-0.39, 0.29) is 5.97 Å². The molecule has 4 heteroatoms. The van der Waals surface area contributed by atoms with Gasteiger partial charge in [-0.1, -0.05) is 13.3 Å². The van der Waals surface area contributed by atoms with E-state index in [4.69, 9.17) is 4.74 Å². The molecule has 116 valence electrons. The Hall–Kier alpha value is -0.610. The monoisotopic (exact) mass is 282 g/mol. The normalized spacial score (nSPS) is 30.5. The maximum atomic E-state index is 12.3. The molecule has 0 aromatic rings. The van der Waals surface area contributed by atoms with Gasteiger partial charge in [-0.2, -0.15) is 0 Å². The minimum absolute atomic E-state index is 0.0574. The zero-order chi connectivity index (χ0) is 14.6. The summed E-state index contributed by atoms with van der Waals surface area (Å²) >= 11 is 0. The van der Waals surface area contributed by atoms with Crippen molar-refractivity contribution in [1.29, 1.82) is 0 Å². The number of esters is 1. The lowest BCUT2D eigenvalue weighted by molar-refractivity contribution is -0.151. The SMILES string of the molecule is CCCCN(C)C1CCCC(NC2CC2)(C(=O)OC)C1. The largest absolute Gasteiger partial charge is 0.468 e. The molecule has 0 aromatic heterocycles. The van der Waals surface area contributed by atoms with Gasteiger partial charge in [-0.05, 0) is 58.5 Å². The van der Waals surface area contributed by atoms with Crippen LogP contribution in [0, 0.1) is 0 Å². The van der Waals surface area contributed by atoms with E-state index in [9.17, 15) is 4.79 Å². The van der Waals surface area contributed by atoms with Gasteiger partial charge in [-0.3, -0.25) is 10.1 Å². The highest BCUT2D eigenvalue weighted by Gasteiger charge is 2.47. The molecule has 0 spiro atoms. The third-order valence-electron chi connectivity index (χ3n) is 4.85. The molecule has 0 aliphatic heterocycles. The molecule has 0 aromatic carbocycles. The summed E-state index contributed by atoms with van der Waals surface area (Å²) in [6.07, 6.45) is 8.99. The van der Waals surface area contributed by atoms with Crippen LogP contribution in [0.25, 0.3) is 0 Å². The topological polar surface area (TPSA) is 41.6 Å². The molecule has 2 aliphatic rings. The average Bonchev–Trinajstić information content (AvgIpc) is 3.27. The fourth-order valence-corrected chi connectivity index (χ4v) is 3.40. The highest BCUT2D eigenvalue weighted by atomic mass is 16.5. The van der Waals surface area contributed by atoms with Gasteiger partial charge < -0.3 is 9.64 Å². The van der Waals surface area contributed by atoms with E-state index in [0.29, 0.717) is 12.1 Å². The van der Waals surface area contributed by atoms with Crippen molar-refractivity contribution in [2.75, 3.05) is 20.7 Å². The number of carbonyl (C=O) groups is 1. The Labute approximate surface area is 123 Å². The molecule has 0 amide bonds. The van der Waals surface area contributed by atoms with Gasteiger partial charge in [0.15, 0.2) is 0 Å². The molecule has 0 heterocycles. The Balaban J connectivity index is 2.01. The smallest absolute Gasteiger partial charge is 0.326 e. The summed E-state index contributed by atoms with van der Waals surface area (Å²) in [5.41, 5.74) is -0.431. The summed E-state index contributed by atoms with van der Waals surface area (Å²) in [7, 11) is 3.72. The van der Waals surface area contributed by atoms with Crippen molar-refractivity contribution >= 4 is 5.97 Å². The van der Waals surface area contributed by atoms with Crippen molar-refractivity contribution in [3.8, 4) is 0 Å². The Bertz CT molecular complexity index is 330. The van der Waals surface area contributed by atoms with Crippen LogP contribution in [0.1, 0.15) is 58.3 Å². The number of hydrogen-bond acceptors (Lipinski definition) is 4. The number of methoxy groups -OCH3 is 1.